The number of hydrogen-bond acceptors (Lipinski definition) is 7. The highest BCUT2D eigenvalue weighted by Gasteiger charge is 2.18. The van der Waals surface area contributed by atoms with Gasteiger partial charge in [0.25, 0.3) is 5.69 Å². The van der Waals surface area contributed by atoms with Crippen molar-refractivity contribution in [2.24, 2.45) is 0 Å². The zero-order chi connectivity index (χ0) is 25.9. The van der Waals surface area contributed by atoms with Crippen LogP contribution in [0.25, 0.3) is 44.8 Å². The molecule has 0 atom stereocenters. The van der Waals surface area contributed by atoms with Gasteiger partial charge < -0.3 is 18.8 Å². The predicted octanol–water partition coefficient (Wildman–Crippen LogP) is 7.93. The van der Waals surface area contributed by atoms with Crippen LogP contribution in [0.2, 0.25) is 0 Å². The van der Waals surface area contributed by atoms with Crippen LogP contribution in [0.4, 0.5) is 11.4 Å². The van der Waals surface area contributed by atoms with Crippen LogP contribution in [-0.2, 0) is 0 Å². The van der Waals surface area contributed by atoms with Crippen LogP contribution in [0.15, 0.2) is 69.5 Å². The minimum Gasteiger partial charge on any atom is -0.507 e. The van der Waals surface area contributed by atoms with Crippen LogP contribution in [0.5, 0.6) is 5.75 Å². The number of aromatic hydroxyl groups is 1. The number of fused-ring (bicyclic) bond motifs is 2. The third-order valence-electron chi connectivity index (χ3n) is 6.53. The number of furan rings is 1. The topological polar surface area (TPSA) is 106 Å². The van der Waals surface area contributed by atoms with Gasteiger partial charge in [0.05, 0.1) is 10.5 Å². The van der Waals surface area contributed by atoms with Crippen LogP contribution in [0, 0.1) is 10.1 Å². The second-order valence-electron chi connectivity index (χ2n) is 9.19. The Balaban J connectivity index is 1.44. The summed E-state index contributed by atoms with van der Waals surface area (Å²) in [5.74, 6) is 0.827. The highest BCUT2D eigenvalue weighted by Crippen LogP contribution is 2.38. The van der Waals surface area contributed by atoms with Crippen molar-refractivity contribution in [1.82, 2.24) is 4.98 Å². The van der Waals surface area contributed by atoms with Gasteiger partial charge in [-0.05, 0) is 55.3 Å². The zero-order valence-corrected chi connectivity index (χ0v) is 20.9. The number of hydrogen-bond donors (Lipinski definition) is 1. The van der Waals surface area contributed by atoms with Crippen LogP contribution in [0.3, 0.4) is 0 Å². The van der Waals surface area contributed by atoms with E-state index in [0.29, 0.717) is 28.0 Å². The van der Waals surface area contributed by atoms with Gasteiger partial charge in [-0.25, -0.2) is 4.98 Å². The summed E-state index contributed by atoms with van der Waals surface area (Å²) in [6, 6.07) is 17.8. The average Bonchev–Trinajstić information content (AvgIpc) is 3.51. The van der Waals surface area contributed by atoms with Gasteiger partial charge in [-0.15, -0.1) is 0 Å². The zero-order valence-electron chi connectivity index (χ0n) is 20.9. The summed E-state index contributed by atoms with van der Waals surface area (Å²) in [4.78, 5) is 17.4. The summed E-state index contributed by atoms with van der Waals surface area (Å²) in [6.45, 7) is 6.52. The fraction of sp³-hybridized carbons (Fsp3) is 0.276. The van der Waals surface area contributed by atoms with E-state index in [1.165, 1.54) is 30.0 Å². The molecule has 2 aromatic heterocycles. The van der Waals surface area contributed by atoms with E-state index < -0.39 is 4.92 Å². The first-order valence-electron chi connectivity index (χ1n) is 12.6. The smallest absolute Gasteiger partial charge is 0.271 e. The van der Waals surface area contributed by atoms with Crippen molar-refractivity contribution in [3.05, 3.63) is 70.8 Å². The first-order chi connectivity index (χ1) is 18.0. The molecule has 0 radical (unpaired) electrons. The van der Waals surface area contributed by atoms with Gasteiger partial charge in [0.2, 0.25) is 5.89 Å². The number of non-ortho nitro benzene ring substituents is 1. The molecule has 8 heteroatoms. The van der Waals surface area contributed by atoms with Crippen molar-refractivity contribution in [2.75, 3.05) is 18.0 Å². The number of nitro benzene ring substituents is 1. The van der Waals surface area contributed by atoms with Crippen LogP contribution >= 0.6 is 0 Å². The Labute approximate surface area is 214 Å². The average molecular weight is 500 g/mol. The molecule has 8 nitrogen and oxygen atoms in total. The van der Waals surface area contributed by atoms with Crippen molar-refractivity contribution in [3.63, 3.8) is 0 Å². The normalized spacial score (nSPS) is 11.4. The SMILES string of the molecule is CCCCN(CCCC)c1ccc(-c2cc3cc(-c4nc5cc([N+](=O)[O-])ccc5o4)c(O)cc3o2)cc1. The van der Waals surface area contributed by atoms with Crippen molar-refractivity contribution >= 4 is 33.4 Å². The Kier molecular flexibility index (Phi) is 6.81. The van der Waals surface area contributed by atoms with Crippen LogP contribution < -0.4 is 4.90 Å². The van der Waals surface area contributed by atoms with Gasteiger partial charge in [-0.3, -0.25) is 10.1 Å². The molecule has 2 heterocycles. The van der Waals surface area contributed by atoms with Gasteiger partial charge in [-0.1, -0.05) is 26.7 Å². The quantitative estimate of drug-likeness (QED) is 0.154. The maximum atomic E-state index is 11.1. The number of unbranched alkanes of at least 4 members (excludes halogenated alkanes) is 2. The summed E-state index contributed by atoms with van der Waals surface area (Å²) >= 11 is 0. The number of phenols is 1. The number of oxazole rings is 1. The molecule has 0 saturated heterocycles. The Hall–Kier alpha value is -4.33. The van der Waals surface area contributed by atoms with Crippen molar-refractivity contribution in [1.29, 1.82) is 0 Å². The van der Waals surface area contributed by atoms with Crippen LogP contribution in [0.1, 0.15) is 39.5 Å². The van der Waals surface area contributed by atoms with Crippen molar-refractivity contribution in [2.45, 2.75) is 39.5 Å². The van der Waals surface area contributed by atoms with Crippen molar-refractivity contribution in [3.8, 4) is 28.5 Å². The largest absolute Gasteiger partial charge is 0.507 e. The number of benzene rings is 3. The molecule has 0 unspecified atom stereocenters. The van der Waals surface area contributed by atoms with E-state index in [2.05, 4.69) is 48.0 Å². The molecule has 37 heavy (non-hydrogen) atoms. The van der Waals surface area contributed by atoms with E-state index in [-0.39, 0.29) is 17.3 Å². The van der Waals surface area contributed by atoms with Gasteiger partial charge in [0.1, 0.15) is 22.6 Å². The molecule has 0 aliphatic carbocycles. The molecule has 0 bridgehead atoms. The lowest BCUT2D eigenvalue weighted by molar-refractivity contribution is -0.384. The summed E-state index contributed by atoms with van der Waals surface area (Å²) < 4.78 is 11.8. The first-order valence-corrected chi connectivity index (χ1v) is 12.6. The number of nitro groups is 1. The molecule has 5 aromatic rings. The third-order valence-corrected chi connectivity index (χ3v) is 6.53. The summed E-state index contributed by atoms with van der Waals surface area (Å²) in [6.07, 6.45) is 4.66. The van der Waals surface area contributed by atoms with Gasteiger partial charge in [0.15, 0.2) is 5.58 Å². The molecule has 0 aliphatic heterocycles. The second-order valence-corrected chi connectivity index (χ2v) is 9.19. The lowest BCUT2D eigenvalue weighted by Gasteiger charge is -2.24. The van der Waals surface area contributed by atoms with Gasteiger partial charge in [-0.2, -0.15) is 0 Å². The number of phenolic OH excluding ortho intramolecular Hbond substituents is 1. The van der Waals surface area contributed by atoms with E-state index in [1.807, 2.05) is 6.07 Å². The molecule has 3 aromatic carbocycles. The standard InChI is InChI=1S/C29H29N3O5/c1-3-5-13-31(14-6-4-2)21-9-7-19(8-10-21)27-16-20-15-23(25(33)18-28(20)36-27)29-30-24-17-22(32(34)35)11-12-26(24)37-29/h7-12,15-18,33H,3-6,13-14H2,1-2H3. The molecule has 0 aliphatic rings. The summed E-state index contributed by atoms with van der Waals surface area (Å²) in [7, 11) is 0. The monoisotopic (exact) mass is 499 g/mol. The Bertz CT molecular complexity index is 1540. The lowest BCUT2D eigenvalue weighted by atomic mass is 10.1. The van der Waals surface area contributed by atoms with Gasteiger partial charge >= 0.3 is 0 Å². The molecule has 1 N–H and O–H groups in total. The van der Waals surface area contributed by atoms with E-state index in [1.54, 1.807) is 6.07 Å². The molecular formula is C29H29N3O5. The maximum Gasteiger partial charge on any atom is 0.271 e. The Morgan fingerprint density at radius 1 is 0.919 bits per heavy atom. The first kappa shape index (κ1) is 24.4. The van der Waals surface area contributed by atoms with E-state index in [4.69, 9.17) is 8.83 Å². The summed E-state index contributed by atoms with van der Waals surface area (Å²) in [5, 5.41) is 22.5. The number of anilines is 1. The fourth-order valence-corrected chi connectivity index (χ4v) is 4.44. The third kappa shape index (κ3) is 5.00. The maximum absolute atomic E-state index is 11.1. The minimum absolute atomic E-state index is 0.0488. The molecule has 0 spiro atoms. The van der Waals surface area contributed by atoms with E-state index in [9.17, 15) is 15.2 Å². The molecule has 0 saturated carbocycles. The highest BCUT2D eigenvalue weighted by molar-refractivity contribution is 5.90. The number of nitrogens with zero attached hydrogens (tertiary/aromatic N) is 3. The summed E-state index contributed by atoms with van der Waals surface area (Å²) in [5.41, 5.74) is 3.76. The Morgan fingerprint density at radius 2 is 1.65 bits per heavy atom. The highest BCUT2D eigenvalue weighted by atomic mass is 16.6. The molecular weight excluding hydrogens is 470 g/mol. The molecule has 0 amide bonds. The van der Waals surface area contributed by atoms with E-state index >= 15 is 0 Å². The van der Waals surface area contributed by atoms with E-state index in [0.717, 1.165) is 49.7 Å². The second kappa shape index (κ2) is 10.3. The molecule has 190 valence electrons. The fourth-order valence-electron chi connectivity index (χ4n) is 4.44. The molecule has 0 fully saturated rings. The lowest BCUT2D eigenvalue weighted by Crippen LogP contribution is -2.25. The molecule has 5 rings (SSSR count). The predicted molar refractivity (Wildman–Crippen MR) is 145 cm³/mol. The van der Waals surface area contributed by atoms with Gasteiger partial charge in [0, 0.05) is 47.9 Å². The van der Waals surface area contributed by atoms with Crippen LogP contribution in [-0.4, -0.2) is 28.1 Å². The van der Waals surface area contributed by atoms with Crippen molar-refractivity contribution < 1.29 is 18.9 Å². The number of rotatable bonds is 10. The Morgan fingerprint density at radius 3 is 2.32 bits per heavy atom. The minimum atomic E-state index is -0.481. The number of aromatic nitrogens is 1.